The van der Waals surface area contributed by atoms with E-state index in [0.717, 1.165) is 17.7 Å². The Morgan fingerprint density at radius 2 is 1.76 bits per heavy atom. The third-order valence-corrected chi connectivity index (χ3v) is 4.29. The van der Waals surface area contributed by atoms with Crippen LogP contribution in [0.2, 0.25) is 5.02 Å². The molecule has 6 heteroatoms. The second-order valence-corrected chi connectivity index (χ2v) is 6.01. The summed E-state index contributed by atoms with van der Waals surface area (Å²) in [4.78, 5) is 0. The highest BCUT2D eigenvalue weighted by Gasteiger charge is 2.21. The lowest BCUT2D eigenvalue weighted by Crippen LogP contribution is -2.23. The average Bonchev–Trinajstić information content (AvgIpc) is 2.41. The van der Waals surface area contributed by atoms with Gasteiger partial charge in [-0.25, -0.2) is 13.2 Å². The van der Waals surface area contributed by atoms with Gasteiger partial charge in [-0.15, -0.1) is 0 Å². The minimum atomic E-state index is -0.993. The minimum Gasteiger partial charge on any atom is -0.306 e. The predicted octanol–water partition coefficient (Wildman–Crippen LogP) is 5.06. The summed E-state index contributed by atoms with van der Waals surface area (Å²) in [6.07, 6.45) is 0. The lowest BCUT2D eigenvalue weighted by molar-refractivity contribution is 0.504. The monoisotopic (exact) mass is 425 g/mol. The van der Waals surface area contributed by atoms with Gasteiger partial charge >= 0.3 is 0 Å². The molecule has 0 heterocycles. The second kappa shape index (κ2) is 6.98. The Bertz CT molecular complexity index is 664. The van der Waals surface area contributed by atoms with Crippen molar-refractivity contribution in [3.63, 3.8) is 0 Å². The van der Waals surface area contributed by atoms with Crippen LogP contribution in [0.5, 0.6) is 0 Å². The third kappa shape index (κ3) is 3.70. The standard InChI is InChI=1S/C15H12ClF3IN/c1-2-21-15(9-4-3-8(17)5-14(9)20)10-6-12(18)13(19)7-11(10)16/h3-7,15,21H,2H2,1H3. The average molecular weight is 426 g/mol. The van der Waals surface area contributed by atoms with Crippen molar-refractivity contribution in [2.45, 2.75) is 13.0 Å². The van der Waals surface area contributed by atoms with Crippen LogP contribution in [-0.2, 0) is 0 Å². The van der Waals surface area contributed by atoms with Crippen LogP contribution in [0.1, 0.15) is 24.1 Å². The van der Waals surface area contributed by atoms with Crippen molar-refractivity contribution >= 4 is 34.2 Å². The van der Waals surface area contributed by atoms with E-state index >= 15 is 0 Å². The van der Waals surface area contributed by atoms with Gasteiger partial charge < -0.3 is 5.32 Å². The lowest BCUT2D eigenvalue weighted by atomic mass is 9.98. The van der Waals surface area contributed by atoms with Crippen molar-refractivity contribution in [2.75, 3.05) is 6.54 Å². The van der Waals surface area contributed by atoms with E-state index in [-0.39, 0.29) is 10.8 Å². The molecule has 0 spiro atoms. The Morgan fingerprint density at radius 1 is 1.10 bits per heavy atom. The molecule has 0 saturated carbocycles. The zero-order valence-electron chi connectivity index (χ0n) is 11.1. The molecule has 1 N–H and O–H groups in total. The molecule has 0 amide bonds. The van der Waals surface area contributed by atoms with Crippen LogP contribution in [0.25, 0.3) is 0 Å². The van der Waals surface area contributed by atoms with E-state index in [1.807, 2.05) is 29.5 Å². The first-order valence-electron chi connectivity index (χ1n) is 6.26. The van der Waals surface area contributed by atoms with Crippen molar-refractivity contribution in [3.05, 3.63) is 67.5 Å². The largest absolute Gasteiger partial charge is 0.306 e. The third-order valence-electron chi connectivity index (χ3n) is 3.03. The van der Waals surface area contributed by atoms with Gasteiger partial charge in [0.05, 0.1) is 6.04 Å². The maximum atomic E-state index is 13.5. The summed E-state index contributed by atoms with van der Waals surface area (Å²) in [6.45, 7) is 2.48. The first-order chi connectivity index (χ1) is 9.93. The topological polar surface area (TPSA) is 12.0 Å². The highest BCUT2D eigenvalue weighted by Crippen LogP contribution is 2.32. The quantitative estimate of drug-likeness (QED) is 0.533. The normalized spacial score (nSPS) is 12.5. The molecule has 0 aliphatic heterocycles. The summed E-state index contributed by atoms with van der Waals surface area (Å²) in [7, 11) is 0. The van der Waals surface area contributed by atoms with Crippen LogP contribution in [0, 0.1) is 21.0 Å². The van der Waals surface area contributed by atoms with Gasteiger partial charge in [0, 0.05) is 8.59 Å². The highest BCUT2D eigenvalue weighted by atomic mass is 127. The van der Waals surface area contributed by atoms with Gasteiger partial charge in [-0.1, -0.05) is 24.6 Å². The molecule has 1 unspecified atom stereocenters. The highest BCUT2D eigenvalue weighted by molar-refractivity contribution is 14.1. The van der Waals surface area contributed by atoms with Crippen molar-refractivity contribution in [2.24, 2.45) is 0 Å². The van der Waals surface area contributed by atoms with Gasteiger partial charge in [0.15, 0.2) is 11.6 Å². The van der Waals surface area contributed by atoms with Crippen molar-refractivity contribution in [1.82, 2.24) is 5.32 Å². The van der Waals surface area contributed by atoms with Crippen LogP contribution >= 0.6 is 34.2 Å². The first kappa shape index (κ1) is 16.6. The first-order valence-corrected chi connectivity index (χ1v) is 7.72. The minimum absolute atomic E-state index is 0.125. The number of hydrogen-bond donors (Lipinski definition) is 1. The maximum Gasteiger partial charge on any atom is 0.160 e. The zero-order chi connectivity index (χ0) is 15.6. The number of benzene rings is 2. The van der Waals surface area contributed by atoms with E-state index in [1.165, 1.54) is 12.1 Å². The predicted molar refractivity (Wildman–Crippen MR) is 86.0 cm³/mol. The SMILES string of the molecule is CCNC(c1cc(F)c(F)cc1Cl)c1ccc(F)cc1I. The zero-order valence-corrected chi connectivity index (χ0v) is 14.0. The van der Waals surface area contributed by atoms with E-state index in [0.29, 0.717) is 15.7 Å². The van der Waals surface area contributed by atoms with Gasteiger partial charge in [-0.05, 0) is 64.5 Å². The number of hydrogen-bond acceptors (Lipinski definition) is 1. The van der Waals surface area contributed by atoms with Gasteiger partial charge in [0.1, 0.15) is 5.82 Å². The molecule has 2 aromatic carbocycles. The Hall–Kier alpha value is -0.790. The van der Waals surface area contributed by atoms with E-state index in [2.05, 4.69) is 5.32 Å². The summed E-state index contributed by atoms with van der Waals surface area (Å²) >= 11 is 8.05. The summed E-state index contributed by atoms with van der Waals surface area (Å²) in [5.74, 6) is -2.31. The molecule has 0 aromatic heterocycles. The number of nitrogens with one attached hydrogen (secondary N) is 1. The van der Waals surface area contributed by atoms with Crippen LogP contribution < -0.4 is 5.32 Å². The fraction of sp³-hybridized carbons (Fsp3) is 0.200. The summed E-state index contributed by atoms with van der Waals surface area (Å²) in [5.41, 5.74) is 1.17. The molecule has 0 saturated heterocycles. The number of rotatable bonds is 4. The Kier molecular flexibility index (Phi) is 5.51. The van der Waals surface area contributed by atoms with E-state index in [1.54, 1.807) is 6.07 Å². The van der Waals surface area contributed by atoms with Crippen LogP contribution in [0.4, 0.5) is 13.2 Å². The Morgan fingerprint density at radius 3 is 2.38 bits per heavy atom. The van der Waals surface area contributed by atoms with E-state index in [9.17, 15) is 13.2 Å². The van der Waals surface area contributed by atoms with E-state index in [4.69, 9.17) is 11.6 Å². The molecule has 2 aromatic rings. The molecule has 0 aliphatic carbocycles. The van der Waals surface area contributed by atoms with Crippen LogP contribution in [0.15, 0.2) is 30.3 Å². The molecule has 112 valence electrons. The molecule has 0 radical (unpaired) electrons. The van der Waals surface area contributed by atoms with Crippen molar-refractivity contribution in [3.8, 4) is 0 Å². The molecule has 1 nitrogen and oxygen atoms in total. The van der Waals surface area contributed by atoms with Gasteiger partial charge in [-0.2, -0.15) is 0 Å². The van der Waals surface area contributed by atoms with Gasteiger partial charge in [0.2, 0.25) is 0 Å². The number of halogens is 5. The van der Waals surface area contributed by atoms with Crippen LogP contribution in [0.3, 0.4) is 0 Å². The fourth-order valence-corrected chi connectivity index (χ4v) is 3.13. The molecule has 1 atom stereocenters. The fourth-order valence-electron chi connectivity index (χ4n) is 2.09. The molecule has 0 bridgehead atoms. The summed E-state index contributed by atoms with van der Waals surface area (Å²) in [6, 6.07) is 5.91. The van der Waals surface area contributed by atoms with Gasteiger partial charge in [-0.3, -0.25) is 0 Å². The van der Waals surface area contributed by atoms with Crippen molar-refractivity contribution in [1.29, 1.82) is 0 Å². The lowest BCUT2D eigenvalue weighted by Gasteiger charge is -2.21. The Balaban J connectivity index is 2.55. The smallest absolute Gasteiger partial charge is 0.160 e. The molecule has 0 fully saturated rings. The maximum absolute atomic E-state index is 13.5. The van der Waals surface area contributed by atoms with E-state index < -0.39 is 17.7 Å². The molecule has 21 heavy (non-hydrogen) atoms. The second-order valence-electron chi connectivity index (χ2n) is 4.44. The molecular weight excluding hydrogens is 414 g/mol. The molecular formula is C15H12ClF3IN. The summed E-state index contributed by atoms with van der Waals surface area (Å²) in [5, 5.41) is 3.29. The molecule has 0 aliphatic rings. The van der Waals surface area contributed by atoms with Crippen LogP contribution in [-0.4, -0.2) is 6.54 Å². The Labute approximate surface area is 139 Å². The molecule has 2 rings (SSSR count). The van der Waals surface area contributed by atoms with Gasteiger partial charge in [0.25, 0.3) is 0 Å². The van der Waals surface area contributed by atoms with Crippen molar-refractivity contribution < 1.29 is 13.2 Å². The summed E-state index contributed by atoms with van der Waals surface area (Å²) < 4.78 is 40.6.